The van der Waals surface area contributed by atoms with E-state index >= 15 is 0 Å². The van der Waals surface area contributed by atoms with Crippen LogP contribution in [0.5, 0.6) is 0 Å². The number of carbonyl (C=O) groups is 7. The van der Waals surface area contributed by atoms with E-state index in [1.165, 1.54) is 141 Å². The van der Waals surface area contributed by atoms with Crippen LogP contribution in [0.1, 0.15) is 138 Å². The zero-order valence-electron chi connectivity index (χ0n) is 56.0. The zero-order chi connectivity index (χ0) is 71.1. The highest BCUT2D eigenvalue weighted by Crippen LogP contribution is 2.45. The van der Waals surface area contributed by atoms with Gasteiger partial charge in [0.2, 0.25) is 6.29 Å². The SMILES string of the molecule is C=CCCCCCCCCOP(=O)([O-])O[C@H]1O[C@H](COC(=O)c2ccccc2)[C@@H](O[C@H]2O[C@H](COC(=O)c3ccccc3)[C@H](OC(=O)c3ccccc3)[C@H](OC(=O)c3ccccc3)[C@H]2OC(=O)c2ccccc2)[C@H](OC(=O)c2ccccc2)[C@@H]1OC(=O)c1ccccc1.CC[NH+](CC)CC. The Morgan fingerprint density at radius 3 is 1.04 bits per heavy atom. The average molecular weight is 1390 g/mol. The molecule has 2 aliphatic heterocycles. The van der Waals surface area contributed by atoms with E-state index in [0.29, 0.717) is 6.42 Å². The van der Waals surface area contributed by atoms with Crippen molar-refractivity contribution in [2.75, 3.05) is 39.5 Å². The summed E-state index contributed by atoms with van der Waals surface area (Å²) in [5.41, 5.74) is -0.122. The highest BCUT2D eigenvalue weighted by molar-refractivity contribution is 7.45. The summed E-state index contributed by atoms with van der Waals surface area (Å²) in [4.78, 5) is 117. The van der Waals surface area contributed by atoms with Gasteiger partial charge in [0.1, 0.15) is 31.5 Å². The number of quaternary nitrogens is 1. The molecule has 11 atom stereocenters. The molecule has 0 saturated carbocycles. The van der Waals surface area contributed by atoms with Gasteiger partial charge in [-0.1, -0.05) is 159 Å². The van der Waals surface area contributed by atoms with Crippen molar-refractivity contribution in [2.24, 2.45) is 0 Å². The predicted molar refractivity (Wildman–Crippen MR) is 364 cm³/mol. The number of phosphoric ester groups is 1. The van der Waals surface area contributed by atoms with Crippen LogP contribution in [0.15, 0.2) is 225 Å². The van der Waals surface area contributed by atoms with Gasteiger partial charge in [-0.05, 0) is 125 Å². The average Bonchev–Trinajstić information content (AvgIpc) is 0.761. The number of unbranched alkanes of at least 4 members (excludes halogenated alkanes) is 6. The largest absolute Gasteiger partial charge is 0.756 e. The van der Waals surface area contributed by atoms with Crippen molar-refractivity contribution in [3.05, 3.63) is 264 Å². The van der Waals surface area contributed by atoms with Gasteiger partial charge >= 0.3 is 41.8 Å². The third-order valence-corrected chi connectivity index (χ3v) is 17.3. The molecular formula is C77H84NO21P. The molecule has 23 heteroatoms. The number of phosphoric acid groups is 1. The Balaban J connectivity index is 0.00000172. The monoisotopic (exact) mass is 1390 g/mol. The molecule has 528 valence electrons. The third kappa shape index (κ3) is 23.0. The molecule has 9 rings (SSSR count). The predicted octanol–water partition coefficient (Wildman–Crippen LogP) is 11.0. The molecule has 0 radical (unpaired) electrons. The summed E-state index contributed by atoms with van der Waals surface area (Å²) in [6.07, 6.45) is -13.4. The van der Waals surface area contributed by atoms with E-state index in [2.05, 4.69) is 27.4 Å². The standard InChI is InChI=1S/C71H69O21P.C6H15N/c1-2-3-4-5-6-7-8-30-45-83-93(79,80)92-71-62(90-69(78)54-43-28-15-29-44-54)60(88-67(76)52-39-24-13-25-40-52)58(56(85-71)47-82-64(73)49-33-18-10-19-34-49)91-70-61(89-68(77)53-41-26-14-27-42-53)59(87-66(75)51-37-22-12-23-38-51)57(86-65(74)50-35-20-11-21-36-50)55(84-70)46-81-63(72)48-31-16-9-17-32-48;1-4-7(5-2)6-3/h2,9-29,31-44,55-62,70-71H,1,3-8,30,45-47H2,(H,79,80);4-6H2,1-3H3/t55-,56-,57+,58-,59+,60+,61-,62+,70-,71-;/m1./s1. The van der Waals surface area contributed by atoms with E-state index in [1.54, 1.807) is 95.9 Å². The molecule has 1 unspecified atom stereocenters. The van der Waals surface area contributed by atoms with Gasteiger partial charge in [-0.15, -0.1) is 6.58 Å². The Morgan fingerprint density at radius 2 is 0.690 bits per heavy atom. The van der Waals surface area contributed by atoms with Crippen molar-refractivity contribution >= 4 is 49.6 Å². The van der Waals surface area contributed by atoms with Gasteiger partial charge in [0, 0.05) is 0 Å². The lowest BCUT2D eigenvalue weighted by atomic mass is 9.95. The third-order valence-electron chi connectivity index (χ3n) is 16.3. The minimum Gasteiger partial charge on any atom is -0.756 e. The Labute approximate surface area is 581 Å². The van der Waals surface area contributed by atoms with Crippen molar-refractivity contribution in [3.63, 3.8) is 0 Å². The van der Waals surface area contributed by atoms with E-state index in [9.17, 15) is 43.0 Å². The van der Waals surface area contributed by atoms with Crippen LogP contribution in [-0.4, -0.2) is 143 Å². The maximum absolute atomic E-state index is 14.8. The molecule has 100 heavy (non-hydrogen) atoms. The summed E-state index contributed by atoms with van der Waals surface area (Å²) in [5, 5.41) is 0. The van der Waals surface area contributed by atoms with Crippen molar-refractivity contribution < 1.29 is 104 Å². The van der Waals surface area contributed by atoms with E-state index in [4.69, 9.17) is 56.4 Å². The number of benzene rings is 7. The number of nitrogens with one attached hydrogen (secondary N) is 1. The van der Waals surface area contributed by atoms with Crippen LogP contribution in [0.2, 0.25) is 0 Å². The number of hydrogen-bond donors (Lipinski definition) is 1. The van der Waals surface area contributed by atoms with Crippen LogP contribution in [-0.2, 0) is 61.0 Å². The maximum Gasteiger partial charge on any atom is 0.338 e. The molecule has 2 aliphatic rings. The van der Waals surface area contributed by atoms with Crippen LogP contribution >= 0.6 is 7.82 Å². The molecule has 2 saturated heterocycles. The summed E-state index contributed by atoms with van der Waals surface area (Å²) in [7, 11) is -5.54. The fraction of sp³-hybridized carbons (Fsp3) is 0.338. The second kappa shape index (κ2) is 39.9. The van der Waals surface area contributed by atoms with Crippen molar-refractivity contribution in [3.8, 4) is 0 Å². The first-order valence-electron chi connectivity index (χ1n) is 33.4. The molecular weight excluding hydrogens is 1310 g/mol. The molecule has 2 fully saturated rings. The zero-order valence-corrected chi connectivity index (χ0v) is 56.9. The smallest absolute Gasteiger partial charge is 0.338 e. The molecule has 22 nitrogen and oxygen atoms in total. The van der Waals surface area contributed by atoms with Gasteiger partial charge in [-0.3, -0.25) is 9.09 Å². The first kappa shape index (κ1) is 76.3. The maximum atomic E-state index is 14.8. The van der Waals surface area contributed by atoms with Gasteiger partial charge in [0.15, 0.2) is 36.8 Å². The second-order valence-electron chi connectivity index (χ2n) is 23.2. The lowest BCUT2D eigenvalue weighted by molar-refractivity contribution is -0.894. The molecule has 0 amide bonds. The number of hydrogen-bond acceptors (Lipinski definition) is 21. The number of carbonyl (C=O) groups excluding carboxylic acids is 7. The van der Waals surface area contributed by atoms with Crippen LogP contribution in [0.25, 0.3) is 0 Å². The van der Waals surface area contributed by atoms with E-state index in [-0.39, 0.29) is 52.0 Å². The second-order valence-corrected chi connectivity index (χ2v) is 24.6. The molecule has 0 aliphatic carbocycles. The topological polar surface area (TPSA) is 275 Å². The summed E-state index contributed by atoms with van der Waals surface area (Å²) >= 11 is 0. The van der Waals surface area contributed by atoms with E-state index < -0.39 is 124 Å². The molecule has 0 bridgehead atoms. The fourth-order valence-corrected chi connectivity index (χ4v) is 11.7. The highest BCUT2D eigenvalue weighted by atomic mass is 31.2. The molecule has 7 aromatic rings. The van der Waals surface area contributed by atoms with Crippen molar-refractivity contribution in [1.82, 2.24) is 0 Å². The summed E-state index contributed by atoms with van der Waals surface area (Å²) in [6.45, 7) is 12.2. The first-order valence-corrected chi connectivity index (χ1v) is 34.8. The van der Waals surface area contributed by atoms with Gasteiger partial charge in [0.25, 0.3) is 7.82 Å². The van der Waals surface area contributed by atoms with Gasteiger partial charge in [-0.25, -0.2) is 33.6 Å². The lowest BCUT2D eigenvalue weighted by Gasteiger charge is -2.49. The summed E-state index contributed by atoms with van der Waals surface area (Å²) < 4.78 is 88.7. The number of ether oxygens (including phenoxy) is 10. The van der Waals surface area contributed by atoms with Crippen LogP contribution in [0.3, 0.4) is 0 Å². The molecule has 0 aromatic heterocycles. The minimum atomic E-state index is -5.54. The quantitative estimate of drug-likeness (QED) is 0.0132. The van der Waals surface area contributed by atoms with Crippen molar-refractivity contribution in [1.29, 1.82) is 0 Å². The molecule has 1 N–H and O–H groups in total. The normalized spacial score (nSPS) is 20.7. The van der Waals surface area contributed by atoms with Gasteiger partial charge < -0.3 is 61.7 Å². The highest BCUT2D eigenvalue weighted by Gasteiger charge is 2.59. The summed E-state index contributed by atoms with van der Waals surface area (Å²) in [6, 6.07) is 53.2. The number of rotatable bonds is 33. The Hall–Kier alpha value is -9.48. The fourth-order valence-electron chi connectivity index (χ4n) is 10.8. The van der Waals surface area contributed by atoms with Gasteiger partial charge in [0.05, 0.1) is 65.2 Å². The number of esters is 7. The Kier molecular flexibility index (Phi) is 30.5. The van der Waals surface area contributed by atoms with Crippen LogP contribution < -0.4 is 9.79 Å². The summed E-state index contributed by atoms with van der Waals surface area (Å²) in [5.74, 6) is -7.22. The molecule has 2 heterocycles. The molecule has 0 spiro atoms. The Morgan fingerprint density at radius 1 is 0.400 bits per heavy atom. The number of allylic oxidation sites excluding steroid dienone is 1. The minimum absolute atomic E-state index is 0.00332. The van der Waals surface area contributed by atoms with Crippen LogP contribution in [0, 0.1) is 0 Å². The van der Waals surface area contributed by atoms with Gasteiger partial charge in [-0.2, -0.15) is 0 Å². The molecule has 7 aromatic carbocycles. The Bertz CT molecular complexity index is 3720. The first-order chi connectivity index (χ1) is 48.6. The lowest BCUT2D eigenvalue weighted by Crippen LogP contribution is -3.11. The van der Waals surface area contributed by atoms with E-state index in [0.717, 1.165) is 32.1 Å². The van der Waals surface area contributed by atoms with E-state index in [1.807, 2.05) is 6.08 Å². The van der Waals surface area contributed by atoms with Crippen LogP contribution in [0.4, 0.5) is 0 Å². The van der Waals surface area contributed by atoms with Crippen molar-refractivity contribution in [2.45, 2.75) is 127 Å².